The monoisotopic (exact) mass is 1100 g/mol. The molecular weight excluding hydrogens is 1030 g/mol. The van der Waals surface area contributed by atoms with Gasteiger partial charge in [0.05, 0.1) is 89.8 Å². The molecule has 3 heterocycles. The summed E-state index contributed by atoms with van der Waals surface area (Å²) in [7, 11) is -4.19. The summed E-state index contributed by atoms with van der Waals surface area (Å²) >= 11 is 0. The molecule has 1 aliphatic heterocycles. The van der Waals surface area contributed by atoms with E-state index in [1.165, 1.54) is 23.3 Å². The molecule has 23 nitrogen and oxygen atoms in total. The maximum atomic E-state index is 14.0. The molecule has 7 rings (SSSR count). The maximum Gasteiger partial charge on any atom is 0.333 e. The van der Waals surface area contributed by atoms with Crippen LogP contribution in [-0.2, 0) is 65.6 Å². The molecule has 1 fully saturated rings. The highest BCUT2D eigenvalue weighted by molar-refractivity contribution is 7.84. The van der Waals surface area contributed by atoms with Crippen LogP contribution in [0, 0.1) is 25.2 Å². The Hall–Kier alpha value is -6.67. The lowest BCUT2D eigenvalue weighted by Crippen LogP contribution is -2.45. The predicted octanol–water partition coefficient (Wildman–Crippen LogP) is 2.92. The molecule has 78 heavy (non-hydrogen) atoms. The predicted molar refractivity (Wildman–Crippen MR) is 288 cm³/mol. The molecule has 3 aliphatic rings. The Morgan fingerprint density at radius 3 is 2.31 bits per heavy atom. The van der Waals surface area contributed by atoms with Gasteiger partial charge in [0.1, 0.15) is 5.39 Å². The van der Waals surface area contributed by atoms with Crippen LogP contribution >= 0.6 is 0 Å². The van der Waals surface area contributed by atoms with Gasteiger partial charge in [0.2, 0.25) is 29.6 Å². The molecule has 0 radical (unpaired) electrons. The minimum Gasteiger partial charge on any atom is -0.393 e. The average molecular weight is 1100 g/mol. The molecule has 1 saturated carbocycles. The number of nitrogens with one attached hydrogen (secondary N) is 4. The number of hydrogen-bond acceptors (Lipinski definition) is 15. The van der Waals surface area contributed by atoms with Crippen LogP contribution in [0.3, 0.4) is 0 Å². The van der Waals surface area contributed by atoms with Crippen molar-refractivity contribution in [2.24, 2.45) is 28.6 Å². The Kier molecular flexibility index (Phi) is 22.4. The summed E-state index contributed by atoms with van der Waals surface area (Å²) < 4.78 is 48.7. The van der Waals surface area contributed by atoms with Crippen molar-refractivity contribution in [1.29, 1.82) is 0 Å². The molecule has 24 heteroatoms. The lowest BCUT2D eigenvalue weighted by Gasteiger charge is -2.24. The smallest absolute Gasteiger partial charge is 0.333 e. The van der Waals surface area contributed by atoms with Gasteiger partial charge in [-0.3, -0.25) is 37.6 Å². The van der Waals surface area contributed by atoms with Crippen LogP contribution in [-0.4, -0.2) is 135 Å². The summed E-state index contributed by atoms with van der Waals surface area (Å²) in [4.78, 5) is 81.5. The molecule has 2 aliphatic carbocycles. The quantitative estimate of drug-likeness (QED) is 0.0165. The molecule has 2 aromatic carbocycles. The third-order valence-corrected chi connectivity index (χ3v) is 14.5. The number of aromatic nitrogens is 3. The van der Waals surface area contributed by atoms with Crippen molar-refractivity contribution >= 4 is 68.3 Å². The van der Waals surface area contributed by atoms with E-state index in [0.717, 1.165) is 34.3 Å². The number of Topliss-reactive ketones (excluding diaryl/α,β-unsaturated/α-hetero) is 1. The topological polar surface area (TPSA) is 319 Å². The summed E-state index contributed by atoms with van der Waals surface area (Å²) in [6.07, 6.45) is 8.42. The number of ketones is 1. The Bertz CT molecular complexity index is 2840. The van der Waals surface area contributed by atoms with Gasteiger partial charge in [-0.05, 0) is 72.9 Å². The fourth-order valence-electron chi connectivity index (χ4n) is 10.0. The zero-order chi connectivity index (χ0) is 55.1. The number of imide groups is 1. The summed E-state index contributed by atoms with van der Waals surface area (Å²) in [6, 6.07) is 15.9. The number of carbonyl (C=O) groups excluding carboxylic acids is 6. The third kappa shape index (κ3) is 17.2. The summed E-state index contributed by atoms with van der Waals surface area (Å²) in [5.41, 5.74) is 10.0. The third-order valence-electron chi connectivity index (χ3n) is 14.0. The van der Waals surface area contributed by atoms with E-state index in [9.17, 15) is 42.3 Å². The van der Waals surface area contributed by atoms with E-state index in [4.69, 9.17) is 34.3 Å². The second-order valence-electron chi connectivity index (χ2n) is 19.9. The van der Waals surface area contributed by atoms with Crippen LogP contribution in [0.5, 0.6) is 0 Å². The highest BCUT2D eigenvalue weighted by atomic mass is 32.2. The van der Waals surface area contributed by atoms with Crippen LogP contribution in [0.25, 0.3) is 11.0 Å². The Morgan fingerprint density at radius 1 is 0.923 bits per heavy atom. The standard InChI is InChI=1S/C53H70N10O13S.CH3/c1-34(2)49(60-46(66)18-22-73-24-26-75-27-25-74-23-21-63-47(67)15-16-48(63)68)45(65)29-37(7-5-19-56-53(54)70)51(69)58-39-12-9-35(10-13-39)31-61-33-57-50(59-43-14-11-36-6-3-4-8-41(36)43)42-17-20-62(52(42)61)40-28-38(44(64)30-40)32-76-77(55,71)72;/h3-4,6,8-10,12-13,15-17,20,33-34,37-38,40,43-44,49,64H,5,7,11,14,18-19,21-32H2,1-2H3,(H7,54,55,56,58,60,66,69,70,71,72);1H3/q;-1/p+1/t37-,38-,40+,43-,44-,49+;/m1./s1. The van der Waals surface area contributed by atoms with E-state index in [-0.39, 0.29) is 122 Å². The van der Waals surface area contributed by atoms with Gasteiger partial charge in [-0.25, -0.2) is 14.5 Å². The number of benzene rings is 2. The van der Waals surface area contributed by atoms with E-state index in [2.05, 4.69) is 38.0 Å². The Labute approximate surface area is 455 Å². The number of rotatable bonds is 31. The number of nitrogens with two attached hydrogens (primary N) is 2. The van der Waals surface area contributed by atoms with Crippen molar-refractivity contribution in [1.82, 2.24) is 25.1 Å². The normalized spacial score (nSPS) is 18.7. The van der Waals surface area contributed by atoms with Crippen molar-refractivity contribution in [2.45, 2.75) is 96.0 Å². The van der Waals surface area contributed by atoms with Crippen LogP contribution in [0.4, 0.5) is 16.3 Å². The van der Waals surface area contributed by atoms with Crippen LogP contribution in [0.15, 0.2) is 79.3 Å². The molecule has 6 amide bonds. The summed E-state index contributed by atoms with van der Waals surface area (Å²) in [5, 5.41) is 29.0. The number of anilines is 2. The number of primary amides is 1. The zero-order valence-corrected chi connectivity index (χ0v) is 45.3. The first-order valence-electron chi connectivity index (χ1n) is 26.0. The molecule has 4 aromatic rings. The van der Waals surface area contributed by atoms with Crippen molar-refractivity contribution < 1.29 is 65.3 Å². The number of aliphatic hydroxyl groups is 1. The van der Waals surface area contributed by atoms with Gasteiger partial charge in [-0.1, -0.05) is 55.2 Å². The first-order chi connectivity index (χ1) is 36.9. The molecule has 0 spiro atoms. The van der Waals surface area contributed by atoms with E-state index < -0.39 is 52.1 Å². The molecule has 9 N–H and O–H groups in total. The van der Waals surface area contributed by atoms with Crippen molar-refractivity contribution in [3.63, 3.8) is 0 Å². The SMILES string of the molecule is CC(C)[C@H](NC(=O)CCOCCOCCOCCN1C(=O)C=CC1=O)C(=O)C[C@@H](CCCNC(N)=O)C(=O)Nc1ccc(C[n+]2cnc(N[C@@H]3CCc4ccccc43)c3ccn([C@H]4C[C@H](COS(N)(=O)=O)[C@H](O)C4)c32)cc1.[CH3-]. The minimum absolute atomic E-state index is 0. The first kappa shape index (κ1) is 60.6. The van der Waals surface area contributed by atoms with Gasteiger partial charge < -0.3 is 53.7 Å². The molecule has 6 atom stereocenters. The van der Waals surface area contributed by atoms with Crippen LogP contribution < -0.4 is 36.7 Å². The summed E-state index contributed by atoms with van der Waals surface area (Å²) in [6.45, 7) is 5.34. The number of fused-ring (bicyclic) bond motifs is 2. The van der Waals surface area contributed by atoms with E-state index >= 15 is 0 Å². The van der Waals surface area contributed by atoms with Crippen molar-refractivity contribution in [3.8, 4) is 0 Å². The number of nitrogens with zero attached hydrogens (tertiary/aromatic N) is 4. The van der Waals surface area contributed by atoms with E-state index in [1.807, 2.05) is 41.1 Å². The second-order valence-corrected chi connectivity index (χ2v) is 21.1. The lowest BCUT2D eigenvalue weighted by molar-refractivity contribution is -0.668. The van der Waals surface area contributed by atoms with Crippen molar-refractivity contribution in [3.05, 3.63) is 103 Å². The van der Waals surface area contributed by atoms with Gasteiger partial charge in [0, 0.05) is 55.5 Å². The number of ether oxygens (including phenoxy) is 3. The Balaban J connectivity index is 0.00000984. The number of hydrogen-bond donors (Lipinski definition) is 7. The minimum atomic E-state index is -4.19. The molecule has 2 aromatic heterocycles. The highest BCUT2D eigenvalue weighted by Gasteiger charge is 2.39. The summed E-state index contributed by atoms with van der Waals surface area (Å²) in [5.74, 6) is -2.73. The molecule has 0 saturated heterocycles. The van der Waals surface area contributed by atoms with Crippen LogP contribution in [0.2, 0.25) is 0 Å². The number of urea groups is 1. The number of aryl methyl sites for hydroxylation is 1. The fraction of sp³-hybridized carbons (Fsp3) is 0.500. The molecule has 0 bridgehead atoms. The molecule has 424 valence electrons. The lowest BCUT2D eigenvalue weighted by atomic mass is 9.89. The van der Waals surface area contributed by atoms with Crippen LogP contribution in [0.1, 0.15) is 87.6 Å². The first-order valence-corrected chi connectivity index (χ1v) is 27.5. The van der Waals surface area contributed by atoms with Gasteiger partial charge in [0.25, 0.3) is 11.8 Å². The fourth-order valence-corrected chi connectivity index (χ4v) is 10.4. The number of aliphatic hydroxyl groups excluding tert-OH is 1. The average Bonchev–Trinajstić information content (AvgIpc) is 4.31. The van der Waals surface area contributed by atoms with Gasteiger partial charge in [-0.15, -0.1) is 0 Å². The number of amides is 6. The zero-order valence-electron chi connectivity index (χ0n) is 44.5. The Morgan fingerprint density at radius 2 is 1.62 bits per heavy atom. The molecule has 0 unspecified atom stereocenters. The second kappa shape index (κ2) is 28.8. The number of carbonyl (C=O) groups is 6. The van der Waals surface area contributed by atoms with E-state index in [1.54, 1.807) is 32.3 Å². The highest BCUT2D eigenvalue weighted by Crippen LogP contribution is 2.39. The largest absolute Gasteiger partial charge is 0.393 e. The van der Waals surface area contributed by atoms with Gasteiger partial charge in [0.15, 0.2) is 5.78 Å². The molecular formula is C54H74N10O13S. The van der Waals surface area contributed by atoms with Crippen molar-refractivity contribution in [2.75, 3.05) is 70.0 Å². The van der Waals surface area contributed by atoms with Gasteiger partial charge >= 0.3 is 16.3 Å². The van der Waals surface area contributed by atoms with Gasteiger partial charge in [-0.2, -0.15) is 8.42 Å². The van der Waals surface area contributed by atoms with E-state index in [0.29, 0.717) is 37.3 Å². The maximum absolute atomic E-state index is 14.0.